The van der Waals surface area contributed by atoms with Crippen LogP contribution in [0.1, 0.15) is 17.0 Å². The SMILES string of the molecule is COC=CC1CN(Cc2ccccc2)CC1c1ccccc1O. The molecule has 1 N–H and O–H groups in total. The smallest absolute Gasteiger partial charge is 0.119 e. The molecule has 3 heteroatoms. The lowest BCUT2D eigenvalue weighted by Crippen LogP contribution is -2.20. The third kappa shape index (κ3) is 3.74. The standard InChI is InChI=1S/C20H23NO2/c1-23-12-11-17-14-21(13-16-7-3-2-4-8-16)15-19(17)18-9-5-6-10-20(18)22/h2-12,17,19,22H,13-15H2,1H3. The van der Waals surface area contributed by atoms with Crippen molar-refractivity contribution in [3.63, 3.8) is 0 Å². The van der Waals surface area contributed by atoms with E-state index in [4.69, 9.17) is 4.74 Å². The first-order valence-electron chi connectivity index (χ1n) is 8.01. The highest BCUT2D eigenvalue weighted by Gasteiger charge is 2.33. The maximum atomic E-state index is 10.2. The molecule has 0 aliphatic carbocycles. The first-order chi connectivity index (χ1) is 11.3. The lowest BCUT2D eigenvalue weighted by molar-refractivity contribution is 0.317. The zero-order valence-electron chi connectivity index (χ0n) is 13.4. The lowest BCUT2D eigenvalue weighted by atomic mass is 9.88. The van der Waals surface area contributed by atoms with Crippen LogP contribution in [0.3, 0.4) is 0 Å². The van der Waals surface area contributed by atoms with Gasteiger partial charge in [-0.2, -0.15) is 0 Å². The van der Waals surface area contributed by atoms with Gasteiger partial charge in [0, 0.05) is 31.5 Å². The first-order valence-corrected chi connectivity index (χ1v) is 8.01. The lowest BCUT2D eigenvalue weighted by Gasteiger charge is -2.17. The van der Waals surface area contributed by atoms with E-state index in [0.29, 0.717) is 11.7 Å². The summed E-state index contributed by atoms with van der Waals surface area (Å²) in [4.78, 5) is 2.44. The van der Waals surface area contributed by atoms with Gasteiger partial charge in [-0.25, -0.2) is 0 Å². The number of likely N-dealkylation sites (tertiary alicyclic amines) is 1. The maximum Gasteiger partial charge on any atom is 0.119 e. The number of nitrogens with zero attached hydrogens (tertiary/aromatic N) is 1. The van der Waals surface area contributed by atoms with Crippen LogP contribution in [0.4, 0.5) is 0 Å². The van der Waals surface area contributed by atoms with Crippen molar-refractivity contribution in [1.29, 1.82) is 0 Å². The van der Waals surface area contributed by atoms with Crippen LogP contribution in [0.15, 0.2) is 66.9 Å². The van der Waals surface area contributed by atoms with Crippen LogP contribution in [0.2, 0.25) is 0 Å². The third-order valence-electron chi connectivity index (χ3n) is 4.49. The molecule has 1 saturated heterocycles. The van der Waals surface area contributed by atoms with Gasteiger partial charge in [-0.3, -0.25) is 4.90 Å². The molecular formula is C20H23NO2. The third-order valence-corrected chi connectivity index (χ3v) is 4.49. The average Bonchev–Trinajstić information content (AvgIpc) is 2.97. The number of ether oxygens (including phenoxy) is 1. The zero-order chi connectivity index (χ0) is 16.1. The number of methoxy groups -OCH3 is 1. The zero-order valence-corrected chi connectivity index (χ0v) is 13.4. The Morgan fingerprint density at radius 1 is 1.09 bits per heavy atom. The number of hydrogen-bond donors (Lipinski definition) is 1. The Morgan fingerprint density at radius 3 is 2.57 bits per heavy atom. The highest BCUT2D eigenvalue weighted by Crippen LogP contribution is 2.38. The molecular weight excluding hydrogens is 286 g/mol. The Hall–Kier alpha value is -2.26. The average molecular weight is 309 g/mol. The van der Waals surface area contributed by atoms with Crippen LogP contribution < -0.4 is 0 Å². The molecule has 0 saturated carbocycles. The Bertz CT molecular complexity index is 654. The van der Waals surface area contributed by atoms with Crippen LogP contribution in [0.5, 0.6) is 5.75 Å². The first kappa shape index (κ1) is 15.6. The topological polar surface area (TPSA) is 32.7 Å². The molecule has 1 aliphatic rings. The van der Waals surface area contributed by atoms with Crippen LogP contribution in [0.25, 0.3) is 0 Å². The van der Waals surface area contributed by atoms with Gasteiger partial charge >= 0.3 is 0 Å². The quantitative estimate of drug-likeness (QED) is 0.854. The highest BCUT2D eigenvalue weighted by molar-refractivity contribution is 5.37. The minimum atomic E-state index is 0.284. The summed E-state index contributed by atoms with van der Waals surface area (Å²) in [5.41, 5.74) is 2.34. The molecule has 0 aromatic heterocycles. The summed E-state index contributed by atoms with van der Waals surface area (Å²) in [5, 5.41) is 10.2. The molecule has 0 radical (unpaired) electrons. The summed E-state index contributed by atoms with van der Waals surface area (Å²) in [6, 6.07) is 18.2. The van der Waals surface area contributed by atoms with Gasteiger partial charge in [0.25, 0.3) is 0 Å². The Kier molecular flexibility index (Phi) is 4.99. The summed E-state index contributed by atoms with van der Waals surface area (Å²) >= 11 is 0. The van der Waals surface area contributed by atoms with Crippen molar-refractivity contribution in [1.82, 2.24) is 4.90 Å². The molecule has 23 heavy (non-hydrogen) atoms. The van der Waals surface area contributed by atoms with Crippen molar-refractivity contribution in [2.75, 3.05) is 20.2 Å². The van der Waals surface area contributed by atoms with Gasteiger partial charge in [0.05, 0.1) is 13.4 Å². The van der Waals surface area contributed by atoms with E-state index in [1.54, 1.807) is 19.4 Å². The largest absolute Gasteiger partial charge is 0.508 e. The second kappa shape index (κ2) is 7.34. The Labute approximate surface area is 137 Å². The molecule has 1 aliphatic heterocycles. The highest BCUT2D eigenvalue weighted by atomic mass is 16.5. The fourth-order valence-electron chi connectivity index (χ4n) is 3.39. The fourth-order valence-corrected chi connectivity index (χ4v) is 3.39. The molecule has 2 aromatic rings. The number of phenolic OH excluding ortho intramolecular Hbond substituents is 1. The number of para-hydroxylation sites is 1. The second-order valence-electron chi connectivity index (χ2n) is 6.07. The molecule has 1 fully saturated rings. The Morgan fingerprint density at radius 2 is 1.83 bits per heavy atom. The van der Waals surface area contributed by atoms with E-state index in [1.165, 1.54) is 5.56 Å². The number of rotatable bonds is 5. The van der Waals surface area contributed by atoms with Crippen LogP contribution in [-0.4, -0.2) is 30.2 Å². The van der Waals surface area contributed by atoms with Gasteiger partial charge in [-0.05, 0) is 23.3 Å². The van der Waals surface area contributed by atoms with E-state index < -0.39 is 0 Å². The van der Waals surface area contributed by atoms with E-state index in [1.807, 2.05) is 24.3 Å². The van der Waals surface area contributed by atoms with E-state index in [0.717, 1.165) is 25.2 Å². The van der Waals surface area contributed by atoms with Gasteiger partial charge in [0.1, 0.15) is 5.75 Å². The van der Waals surface area contributed by atoms with Gasteiger partial charge in [-0.1, -0.05) is 48.5 Å². The predicted octanol–water partition coefficient (Wildman–Crippen LogP) is 3.77. The summed E-state index contributed by atoms with van der Waals surface area (Å²) in [7, 11) is 1.67. The molecule has 1 heterocycles. The maximum absolute atomic E-state index is 10.2. The van der Waals surface area contributed by atoms with E-state index >= 15 is 0 Å². The molecule has 2 atom stereocenters. The van der Waals surface area contributed by atoms with Gasteiger partial charge in [-0.15, -0.1) is 0 Å². The van der Waals surface area contributed by atoms with Crippen LogP contribution >= 0.6 is 0 Å². The molecule has 0 bridgehead atoms. The monoisotopic (exact) mass is 309 g/mol. The Balaban J connectivity index is 1.79. The summed E-state index contributed by atoms with van der Waals surface area (Å²) in [5.74, 6) is 1.01. The molecule has 0 amide bonds. The minimum Gasteiger partial charge on any atom is -0.508 e. The minimum absolute atomic E-state index is 0.284. The number of aromatic hydroxyl groups is 1. The van der Waals surface area contributed by atoms with Crippen molar-refractivity contribution in [3.05, 3.63) is 78.1 Å². The summed E-state index contributed by atoms with van der Waals surface area (Å²) < 4.78 is 5.11. The van der Waals surface area contributed by atoms with Crippen molar-refractivity contribution < 1.29 is 9.84 Å². The molecule has 2 unspecified atom stereocenters. The molecule has 0 spiro atoms. The van der Waals surface area contributed by atoms with E-state index in [2.05, 4.69) is 35.2 Å². The van der Waals surface area contributed by atoms with Crippen molar-refractivity contribution in [2.24, 2.45) is 5.92 Å². The fraction of sp³-hybridized carbons (Fsp3) is 0.300. The predicted molar refractivity (Wildman–Crippen MR) is 92.2 cm³/mol. The van der Waals surface area contributed by atoms with Crippen LogP contribution in [-0.2, 0) is 11.3 Å². The van der Waals surface area contributed by atoms with Crippen molar-refractivity contribution >= 4 is 0 Å². The van der Waals surface area contributed by atoms with E-state index in [-0.39, 0.29) is 5.92 Å². The van der Waals surface area contributed by atoms with Crippen molar-refractivity contribution in [2.45, 2.75) is 12.5 Å². The second-order valence-corrected chi connectivity index (χ2v) is 6.07. The van der Waals surface area contributed by atoms with Gasteiger partial charge in [0.15, 0.2) is 0 Å². The normalized spacial score (nSPS) is 21.8. The van der Waals surface area contributed by atoms with Crippen LogP contribution in [0, 0.1) is 5.92 Å². The number of hydrogen-bond acceptors (Lipinski definition) is 3. The molecule has 3 nitrogen and oxygen atoms in total. The molecule has 3 rings (SSSR count). The van der Waals surface area contributed by atoms with Gasteiger partial charge in [0.2, 0.25) is 0 Å². The van der Waals surface area contributed by atoms with Gasteiger partial charge < -0.3 is 9.84 Å². The summed E-state index contributed by atoms with van der Waals surface area (Å²) in [6.07, 6.45) is 3.87. The summed E-state index contributed by atoms with van der Waals surface area (Å²) in [6.45, 7) is 2.83. The van der Waals surface area contributed by atoms with Crippen molar-refractivity contribution in [3.8, 4) is 5.75 Å². The number of benzene rings is 2. The van der Waals surface area contributed by atoms with E-state index in [9.17, 15) is 5.11 Å². The molecule has 2 aromatic carbocycles. The number of phenols is 1. The molecule has 120 valence electrons.